The van der Waals surface area contributed by atoms with Crippen LogP contribution in [0.1, 0.15) is 5.89 Å². The zero-order valence-electron chi connectivity index (χ0n) is 13.1. The van der Waals surface area contributed by atoms with Crippen LogP contribution < -0.4 is 9.80 Å². The third-order valence-electron chi connectivity index (χ3n) is 4.26. The first kappa shape index (κ1) is 15.2. The molecular weight excluding hydrogens is 328 g/mol. The smallest absolute Gasteiger partial charge is 0.283 e. The lowest BCUT2D eigenvalue weighted by molar-refractivity contribution is -0.915. The zero-order valence-corrected chi connectivity index (χ0v) is 13.9. The number of nitrogens with one attached hydrogen (secondary N) is 1. The standard InChI is InChI=1S/C17H17ClN4O2/c18-13-4-1-2-5-14(13)22-9-7-21(8-10-22)12-16-19-20-17(24-16)15-6-3-11-23-15/h1-6,11H,7-10,12H2/p+1. The summed E-state index contributed by atoms with van der Waals surface area (Å²) >= 11 is 6.28. The summed E-state index contributed by atoms with van der Waals surface area (Å²) in [7, 11) is 0. The van der Waals surface area contributed by atoms with Crippen LogP contribution in [0.5, 0.6) is 0 Å². The van der Waals surface area contributed by atoms with Crippen molar-refractivity contribution < 1.29 is 13.7 Å². The van der Waals surface area contributed by atoms with E-state index < -0.39 is 0 Å². The van der Waals surface area contributed by atoms with Crippen LogP contribution in [0, 0.1) is 0 Å². The predicted molar refractivity (Wildman–Crippen MR) is 90.1 cm³/mol. The maximum atomic E-state index is 6.28. The summed E-state index contributed by atoms with van der Waals surface area (Å²) < 4.78 is 11.0. The molecule has 1 saturated heterocycles. The average Bonchev–Trinajstić information content (AvgIpc) is 3.27. The second-order valence-corrected chi connectivity index (χ2v) is 6.25. The summed E-state index contributed by atoms with van der Waals surface area (Å²) in [6.07, 6.45) is 1.60. The molecule has 2 aromatic heterocycles. The van der Waals surface area contributed by atoms with Crippen molar-refractivity contribution in [2.45, 2.75) is 6.54 Å². The Bertz CT molecular complexity index is 795. The molecule has 7 heteroatoms. The fourth-order valence-corrected chi connectivity index (χ4v) is 3.24. The van der Waals surface area contributed by atoms with Gasteiger partial charge in [0.05, 0.1) is 43.2 Å². The zero-order chi connectivity index (χ0) is 16.4. The van der Waals surface area contributed by atoms with E-state index >= 15 is 0 Å². The largest absolute Gasteiger partial charge is 0.459 e. The van der Waals surface area contributed by atoms with E-state index in [0.717, 1.165) is 43.4 Å². The first-order valence-electron chi connectivity index (χ1n) is 7.99. The number of aromatic nitrogens is 2. The van der Waals surface area contributed by atoms with Gasteiger partial charge in [0.25, 0.3) is 11.8 Å². The van der Waals surface area contributed by atoms with Crippen molar-refractivity contribution in [1.82, 2.24) is 10.2 Å². The molecule has 1 aliphatic rings. The number of hydrogen-bond donors (Lipinski definition) is 1. The number of benzene rings is 1. The average molecular weight is 346 g/mol. The van der Waals surface area contributed by atoms with E-state index in [1.807, 2.05) is 24.3 Å². The third-order valence-corrected chi connectivity index (χ3v) is 4.58. The van der Waals surface area contributed by atoms with E-state index in [-0.39, 0.29) is 0 Å². The van der Waals surface area contributed by atoms with Crippen molar-refractivity contribution in [3.05, 3.63) is 53.6 Å². The minimum Gasteiger partial charge on any atom is -0.459 e. The van der Waals surface area contributed by atoms with E-state index in [4.69, 9.17) is 20.4 Å². The number of quaternary nitrogens is 1. The normalized spacial score (nSPS) is 15.8. The quantitative estimate of drug-likeness (QED) is 0.782. The molecule has 1 fully saturated rings. The first-order valence-corrected chi connectivity index (χ1v) is 8.37. The Hall–Kier alpha value is -2.31. The van der Waals surface area contributed by atoms with Gasteiger partial charge in [-0.3, -0.25) is 0 Å². The van der Waals surface area contributed by atoms with Gasteiger partial charge in [0.2, 0.25) is 0 Å². The number of anilines is 1. The third kappa shape index (κ3) is 3.16. The van der Waals surface area contributed by atoms with Gasteiger partial charge in [-0.2, -0.15) is 0 Å². The van der Waals surface area contributed by atoms with E-state index in [0.29, 0.717) is 17.5 Å². The molecule has 0 spiro atoms. The van der Waals surface area contributed by atoms with Crippen molar-refractivity contribution in [3.8, 4) is 11.7 Å². The van der Waals surface area contributed by atoms with Crippen LogP contribution in [-0.4, -0.2) is 36.4 Å². The van der Waals surface area contributed by atoms with Crippen molar-refractivity contribution in [1.29, 1.82) is 0 Å². The Morgan fingerprint density at radius 2 is 1.92 bits per heavy atom. The monoisotopic (exact) mass is 345 g/mol. The molecule has 24 heavy (non-hydrogen) atoms. The highest BCUT2D eigenvalue weighted by Crippen LogP contribution is 2.24. The minimum absolute atomic E-state index is 0.434. The molecule has 3 heterocycles. The van der Waals surface area contributed by atoms with E-state index in [9.17, 15) is 0 Å². The molecule has 0 atom stereocenters. The highest BCUT2D eigenvalue weighted by Gasteiger charge is 2.23. The van der Waals surface area contributed by atoms with Crippen LogP contribution in [0.3, 0.4) is 0 Å². The molecule has 0 amide bonds. The maximum Gasteiger partial charge on any atom is 0.283 e. The molecule has 1 aliphatic heterocycles. The Balaban J connectivity index is 1.36. The molecular formula is C17H18ClN4O2+. The Kier molecular flexibility index (Phi) is 4.23. The Labute approximate surface area is 144 Å². The molecule has 0 saturated carbocycles. The predicted octanol–water partition coefficient (Wildman–Crippen LogP) is 1.89. The highest BCUT2D eigenvalue weighted by atomic mass is 35.5. The molecule has 1 aromatic carbocycles. The summed E-state index contributed by atoms with van der Waals surface area (Å²) in [4.78, 5) is 3.75. The fraction of sp³-hybridized carbons (Fsp3) is 0.294. The van der Waals surface area contributed by atoms with Gasteiger partial charge in [-0.15, -0.1) is 10.2 Å². The minimum atomic E-state index is 0.434. The summed E-state index contributed by atoms with van der Waals surface area (Å²) in [5.74, 6) is 1.68. The molecule has 0 bridgehead atoms. The van der Waals surface area contributed by atoms with E-state index in [2.05, 4.69) is 21.2 Å². The number of hydrogen-bond acceptors (Lipinski definition) is 5. The molecule has 4 rings (SSSR count). The van der Waals surface area contributed by atoms with Crippen molar-refractivity contribution >= 4 is 17.3 Å². The van der Waals surface area contributed by atoms with Crippen molar-refractivity contribution in [3.63, 3.8) is 0 Å². The van der Waals surface area contributed by atoms with Crippen molar-refractivity contribution in [2.24, 2.45) is 0 Å². The number of piperazine rings is 1. The lowest BCUT2D eigenvalue weighted by Gasteiger charge is -2.33. The van der Waals surface area contributed by atoms with Crippen LogP contribution in [0.15, 0.2) is 51.5 Å². The van der Waals surface area contributed by atoms with Gasteiger partial charge in [-0.05, 0) is 24.3 Å². The number of furan rings is 1. The molecule has 3 aromatic rings. The molecule has 6 nitrogen and oxygen atoms in total. The number of para-hydroxylation sites is 1. The van der Waals surface area contributed by atoms with E-state index in [1.165, 1.54) is 4.90 Å². The Morgan fingerprint density at radius 3 is 2.67 bits per heavy atom. The molecule has 0 radical (unpaired) electrons. The van der Waals surface area contributed by atoms with Crippen LogP contribution in [0.25, 0.3) is 11.7 Å². The number of rotatable bonds is 4. The molecule has 0 aliphatic carbocycles. The van der Waals surface area contributed by atoms with Gasteiger partial charge in [0, 0.05) is 0 Å². The van der Waals surface area contributed by atoms with Gasteiger partial charge >= 0.3 is 0 Å². The van der Waals surface area contributed by atoms with Gasteiger partial charge in [0.15, 0.2) is 12.3 Å². The Morgan fingerprint density at radius 1 is 1.08 bits per heavy atom. The molecule has 0 unspecified atom stereocenters. The number of halogens is 1. The van der Waals surface area contributed by atoms with Crippen LogP contribution in [0.4, 0.5) is 5.69 Å². The van der Waals surface area contributed by atoms with Crippen LogP contribution in [-0.2, 0) is 6.54 Å². The van der Waals surface area contributed by atoms with Crippen molar-refractivity contribution in [2.75, 3.05) is 31.1 Å². The highest BCUT2D eigenvalue weighted by molar-refractivity contribution is 6.33. The van der Waals surface area contributed by atoms with Gasteiger partial charge < -0.3 is 18.6 Å². The number of nitrogens with zero attached hydrogens (tertiary/aromatic N) is 3. The lowest BCUT2D eigenvalue weighted by Crippen LogP contribution is -3.13. The fourth-order valence-electron chi connectivity index (χ4n) is 2.99. The summed E-state index contributed by atoms with van der Waals surface area (Å²) in [5.41, 5.74) is 1.11. The van der Waals surface area contributed by atoms with Crippen LogP contribution >= 0.6 is 11.6 Å². The summed E-state index contributed by atoms with van der Waals surface area (Å²) in [5, 5.41) is 8.98. The topological polar surface area (TPSA) is 59.7 Å². The molecule has 124 valence electrons. The summed E-state index contributed by atoms with van der Waals surface area (Å²) in [6, 6.07) is 11.6. The van der Waals surface area contributed by atoms with Gasteiger partial charge in [-0.1, -0.05) is 23.7 Å². The van der Waals surface area contributed by atoms with Gasteiger partial charge in [-0.25, -0.2) is 0 Å². The summed E-state index contributed by atoms with van der Waals surface area (Å²) in [6.45, 7) is 4.65. The lowest BCUT2D eigenvalue weighted by atomic mass is 10.2. The maximum absolute atomic E-state index is 6.28. The van der Waals surface area contributed by atoms with Gasteiger partial charge in [0.1, 0.15) is 0 Å². The first-order chi connectivity index (χ1) is 11.8. The van der Waals surface area contributed by atoms with E-state index in [1.54, 1.807) is 12.3 Å². The second kappa shape index (κ2) is 6.67. The second-order valence-electron chi connectivity index (χ2n) is 5.84. The van der Waals surface area contributed by atoms with Crippen LogP contribution in [0.2, 0.25) is 5.02 Å². The molecule has 1 N–H and O–H groups in total. The SMILES string of the molecule is Clc1ccccc1N1CC[NH+](Cc2nnc(-c3ccco3)o2)CC1.